The van der Waals surface area contributed by atoms with E-state index in [4.69, 9.17) is 4.63 Å². The maximum absolute atomic E-state index is 13.4. The summed E-state index contributed by atoms with van der Waals surface area (Å²) in [6.45, 7) is 0.638. The molecule has 30 heavy (non-hydrogen) atoms. The second-order valence-electron chi connectivity index (χ2n) is 6.23. The van der Waals surface area contributed by atoms with Crippen molar-refractivity contribution in [3.05, 3.63) is 56.3 Å². The lowest BCUT2D eigenvalue weighted by atomic mass is 10.3. The van der Waals surface area contributed by atoms with Gasteiger partial charge in [-0.15, -0.1) is 0 Å². The SMILES string of the molecule is O=[N+]([O-])/C=C(/NCCNc1nonc1C(=Nc1ccc(F)c(Br)c1)NO)NC1CC1. The summed E-state index contributed by atoms with van der Waals surface area (Å²) in [7, 11) is 0. The molecule has 0 aliphatic heterocycles. The molecule has 1 saturated carbocycles. The van der Waals surface area contributed by atoms with Crippen LogP contribution in [0.2, 0.25) is 0 Å². The molecule has 160 valence electrons. The molecule has 0 saturated heterocycles. The first-order chi connectivity index (χ1) is 14.5. The van der Waals surface area contributed by atoms with Crippen LogP contribution in [-0.2, 0) is 0 Å². The molecule has 12 nitrogen and oxygen atoms in total. The predicted octanol–water partition coefficient (Wildman–Crippen LogP) is 1.86. The first-order valence-electron chi connectivity index (χ1n) is 8.82. The molecule has 0 unspecified atom stereocenters. The Morgan fingerprint density at radius 2 is 2.23 bits per heavy atom. The molecule has 1 fully saturated rings. The van der Waals surface area contributed by atoms with Crippen molar-refractivity contribution in [2.24, 2.45) is 4.99 Å². The normalized spacial score (nSPS) is 14.4. The van der Waals surface area contributed by atoms with Crippen LogP contribution in [0.15, 0.2) is 44.3 Å². The van der Waals surface area contributed by atoms with Gasteiger partial charge < -0.3 is 16.0 Å². The Balaban J connectivity index is 1.61. The van der Waals surface area contributed by atoms with Gasteiger partial charge in [0.1, 0.15) is 5.82 Å². The molecule has 0 radical (unpaired) electrons. The highest BCUT2D eigenvalue weighted by Crippen LogP contribution is 2.23. The van der Waals surface area contributed by atoms with Crippen molar-refractivity contribution in [1.29, 1.82) is 0 Å². The van der Waals surface area contributed by atoms with E-state index in [-0.39, 0.29) is 27.9 Å². The molecule has 14 heteroatoms. The number of halogens is 2. The number of anilines is 1. The van der Waals surface area contributed by atoms with Crippen LogP contribution >= 0.6 is 15.9 Å². The van der Waals surface area contributed by atoms with Crippen molar-refractivity contribution < 1.29 is 19.2 Å². The summed E-state index contributed by atoms with van der Waals surface area (Å²) in [6.07, 6.45) is 2.83. The largest absolute Gasteiger partial charge is 0.365 e. The lowest BCUT2D eigenvalue weighted by molar-refractivity contribution is -0.404. The maximum atomic E-state index is 13.4. The number of aliphatic imine (C=N–C) groups is 1. The Kier molecular flexibility index (Phi) is 7.13. The van der Waals surface area contributed by atoms with Gasteiger partial charge in [0.2, 0.25) is 5.82 Å². The molecule has 1 aromatic heterocycles. The molecule has 0 amide bonds. The van der Waals surface area contributed by atoms with Gasteiger partial charge in [-0.1, -0.05) is 0 Å². The molecule has 0 atom stereocenters. The lowest BCUT2D eigenvalue weighted by Gasteiger charge is -2.11. The third-order valence-corrected chi connectivity index (χ3v) is 4.47. The molecule has 0 spiro atoms. The van der Waals surface area contributed by atoms with Gasteiger partial charge in [-0.05, 0) is 57.3 Å². The molecule has 0 bridgehead atoms. The second kappa shape index (κ2) is 9.98. The number of nitrogens with one attached hydrogen (secondary N) is 4. The van der Waals surface area contributed by atoms with Crippen LogP contribution in [0.4, 0.5) is 15.9 Å². The van der Waals surface area contributed by atoms with E-state index in [0.29, 0.717) is 24.6 Å². The Bertz CT molecular complexity index is 962. The van der Waals surface area contributed by atoms with Crippen molar-refractivity contribution in [1.82, 2.24) is 26.4 Å². The number of aromatic nitrogens is 2. The average molecular weight is 485 g/mol. The number of hydrogen-bond acceptors (Lipinski definition) is 10. The Morgan fingerprint density at radius 3 is 2.90 bits per heavy atom. The molecular formula is C16H18BrFN8O4. The minimum atomic E-state index is -0.533. The van der Waals surface area contributed by atoms with Crippen LogP contribution in [0.3, 0.4) is 0 Å². The van der Waals surface area contributed by atoms with Crippen molar-refractivity contribution in [3.8, 4) is 0 Å². The highest BCUT2D eigenvalue weighted by atomic mass is 79.9. The number of amidine groups is 1. The Morgan fingerprint density at radius 1 is 1.43 bits per heavy atom. The minimum Gasteiger partial charge on any atom is -0.365 e. The van der Waals surface area contributed by atoms with Gasteiger partial charge in [0.05, 0.1) is 15.1 Å². The van der Waals surface area contributed by atoms with Crippen LogP contribution in [0, 0.1) is 15.9 Å². The fraction of sp³-hybridized carbons (Fsp3) is 0.312. The number of benzene rings is 1. The first kappa shape index (κ1) is 21.4. The zero-order valence-electron chi connectivity index (χ0n) is 15.4. The van der Waals surface area contributed by atoms with E-state index in [0.717, 1.165) is 19.0 Å². The molecule has 1 aromatic carbocycles. The van der Waals surface area contributed by atoms with E-state index < -0.39 is 10.7 Å². The molecule has 1 aliphatic carbocycles. The van der Waals surface area contributed by atoms with Gasteiger partial charge in [0.15, 0.2) is 17.4 Å². The summed E-state index contributed by atoms with van der Waals surface area (Å²) < 4.78 is 18.3. The van der Waals surface area contributed by atoms with E-state index in [9.17, 15) is 19.7 Å². The van der Waals surface area contributed by atoms with Crippen molar-refractivity contribution in [2.45, 2.75) is 18.9 Å². The predicted molar refractivity (Wildman–Crippen MR) is 107 cm³/mol. The van der Waals surface area contributed by atoms with Crippen LogP contribution in [0.1, 0.15) is 18.5 Å². The zero-order valence-corrected chi connectivity index (χ0v) is 17.0. The van der Waals surface area contributed by atoms with Crippen LogP contribution in [0.25, 0.3) is 0 Å². The van der Waals surface area contributed by atoms with Gasteiger partial charge in [0, 0.05) is 19.1 Å². The molecular weight excluding hydrogens is 467 g/mol. The van der Waals surface area contributed by atoms with E-state index in [1.54, 1.807) is 0 Å². The highest BCUT2D eigenvalue weighted by molar-refractivity contribution is 9.10. The van der Waals surface area contributed by atoms with Gasteiger partial charge in [-0.3, -0.25) is 20.8 Å². The van der Waals surface area contributed by atoms with E-state index in [1.807, 2.05) is 5.48 Å². The van der Waals surface area contributed by atoms with Crippen LogP contribution < -0.4 is 21.4 Å². The van der Waals surface area contributed by atoms with Crippen LogP contribution in [-0.4, -0.2) is 45.4 Å². The van der Waals surface area contributed by atoms with Gasteiger partial charge >= 0.3 is 0 Å². The van der Waals surface area contributed by atoms with Crippen molar-refractivity contribution in [3.63, 3.8) is 0 Å². The standard InChI is InChI=1S/C16H18BrFN8O4/c17-11-7-10(3-4-12(11)18)22-16(23-27)14-15(25-30-24-14)20-6-5-19-13(8-26(28)29)21-9-1-2-9/h3-4,7-9,19,21,27H,1-2,5-6H2,(H,20,25)(H,22,23)/b13-8-. The lowest BCUT2D eigenvalue weighted by Crippen LogP contribution is -2.32. The quantitative estimate of drug-likeness (QED) is 0.110. The molecule has 5 N–H and O–H groups in total. The Hall–Kier alpha value is -3.26. The Labute approximate surface area is 177 Å². The van der Waals surface area contributed by atoms with E-state index in [2.05, 4.69) is 47.2 Å². The fourth-order valence-electron chi connectivity index (χ4n) is 2.34. The molecule has 1 heterocycles. The number of rotatable bonds is 10. The smallest absolute Gasteiger partial charge is 0.274 e. The van der Waals surface area contributed by atoms with Gasteiger partial charge in [-0.2, -0.15) is 0 Å². The van der Waals surface area contributed by atoms with Gasteiger partial charge in [-0.25, -0.2) is 14.0 Å². The van der Waals surface area contributed by atoms with Gasteiger partial charge in [0.25, 0.3) is 6.20 Å². The summed E-state index contributed by atoms with van der Waals surface area (Å²) in [6, 6.07) is 4.31. The maximum Gasteiger partial charge on any atom is 0.274 e. The van der Waals surface area contributed by atoms with Crippen LogP contribution in [0.5, 0.6) is 0 Å². The van der Waals surface area contributed by atoms with E-state index in [1.165, 1.54) is 18.2 Å². The number of nitrogens with zero attached hydrogens (tertiary/aromatic N) is 4. The summed E-state index contributed by atoms with van der Waals surface area (Å²) in [5, 5.41) is 36.5. The average Bonchev–Trinajstić information content (AvgIpc) is 3.40. The number of hydrogen-bond donors (Lipinski definition) is 5. The summed E-state index contributed by atoms with van der Waals surface area (Å²) in [4.78, 5) is 14.3. The minimum absolute atomic E-state index is 0.0745. The third kappa shape index (κ3) is 6.12. The summed E-state index contributed by atoms with van der Waals surface area (Å²) in [5.74, 6) is -0.0150. The molecule has 2 aromatic rings. The molecule has 3 rings (SSSR count). The summed E-state index contributed by atoms with van der Waals surface area (Å²) in [5.41, 5.74) is 2.35. The summed E-state index contributed by atoms with van der Waals surface area (Å²) >= 11 is 3.06. The third-order valence-electron chi connectivity index (χ3n) is 3.87. The van der Waals surface area contributed by atoms with Crippen molar-refractivity contribution in [2.75, 3.05) is 18.4 Å². The highest BCUT2D eigenvalue weighted by Gasteiger charge is 2.23. The van der Waals surface area contributed by atoms with Crippen molar-refractivity contribution >= 4 is 33.3 Å². The zero-order chi connectivity index (χ0) is 21.5. The first-order valence-corrected chi connectivity index (χ1v) is 9.62. The fourth-order valence-corrected chi connectivity index (χ4v) is 2.71. The monoisotopic (exact) mass is 484 g/mol. The number of hydroxylamine groups is 1. The van der Waals surface area contributed by atoms with E-state index >= 15 is 0 Å². The number of nitro groups is 1. The molecule has 1 aliphatic rings. The topological polar surface area (TPSA) is 163 Å². The second-order valence-corrected chi connectivity index (χ2v) is 7.09.